The van der Waals surface area contributed by atoms with Crippen molar-refractivity contribution in [3.05, 3.63) is 34.6 Å². The van der Waals surface area contributed by atoms with Crippen molar-refractivity contribution in [2.75, 3.05) is 6.54 Å². The Kier molecular flexibility index (Phi) is 5.55. The molecule has 2 aliphatic rings. The third kappa shape index (κ3) is 4.21. The molecule has 2 N–H and O–H groups in total. The van der Waals surface area contributed by atoms with E-state index in [0.717, 1.165) is 17.4 Å². The van der Waals surface area contributed by atoms with Gasteiger partial charge in [0.05, 0.1) is 11.7 Å². The van der Waals surface area contributed by atoms with E-state index in [0.29, 0.717) is 23.0 Å². The number of aliphatic hydroxyl groups is 1. The van der Waals surface area contributed by atoms with Crippen LogP contribution < -0.4 is 10.4 Å². The Morgan fingerprint density at radius 2 is 1.93 bits per heavy atom. The number of amidine groups is 1. The van der Waals surface area contributed by atoms with Crippen LogP contribution in [0.2, 0.25) is 5.02 Å². The SMILES string of the molecule is CC(C)(C)CCN1C(=O)C(C2=Nc3ccc(Cl)cc3PN2)=C(O)C1C(C)(C)C. The molecule has 0 bridgehead atoms. The molecule has 1 aromatic rings. The standard InChI is InChI=1S/C21H29ClN3O2P/c1-20(2,3)9-10-25-17(21(4,5)6)16(26)15(19(25)27)18-23-13-8-7-12(22)11-14(13)28-24-18/h7-8,11,17,26,28H,9-10H2,1-6H3,(H,23,24). The van der Waals surface area contributed by atoms with Gasteiger partial charge in [0.25, 0.3) is 5.91 Å². The summed E-state index contributed by atoms with van der Waals surface area (Å²) in [7, 11) is 0.237. The number of rotatable bonds is 3. The third-order valence-corrected chi connectivity index (χ3v) is 6.23. The highest BCUT2D eigenvalue weighted by molar-refractivity contribution is 7.46. The first-order valence-corrected chi connectivity index (χ1v) is 10.9. The molecule has 0 fully saturated rings. The topological polar surface area (TPSA) is 64.9 Å². The van der Waals surface area contributed by atoms with Crippen LogP contribution in [0.25, 0.3) is 0 Å². The quantitative estimate of drug-likeness (QED) is 0.695. The number of hydrogen-bond acceptors (Lipinski definition) is 4. The minimum atomic E-state index is -0.364. The molecule has 2 heterocycles. The number of hydrogen-bond donors (Lipinski definition) is 2. The first kappa shape index (κ1) is 21.1. The van der Waals surface area contributed by atoms with Crippen LogP contribution in [-0.2, 0) is 4.79 Å². The van der Waals surface area contributed by atoms with Crippen molar-refractivity contribution in [3.8, 4) is 0 Å². The Bertz CT molecular complexity index is 865. The Morgan fingerprint density at radius 3 is 2.54 bits per heavy atom. The molecule has 0 spiro atoms. The summed E-state index contributed by atoms with van der Waals surface area (Å²) in [5.74, 6) is 0.401. The van der Waals surface area contributed by atoms with Gasteiger partial charge in [-0.05, 0) is 35.4 Å². The Balaban J connectivity index is 1.99. The number of carbonyl (C=O) groups is 1. The van der Waals surface area contributed by atoms with Crippen molar-refractivity contribution in [3.63, 3.8) is 0 Å². The monoisotopic (exact) mass is 421 g/mol. The highest BCUT2D eigenvalue weighted by Crippen LogP contribution is 2.39. The average molecular weight is 422 g/mol. The van der Waals surface area contributed by atoms with Gasteiger partial charge in [-0.1, -0.05) is 53.1 Å². The van der Waals surface area contributed by atoms with Crippen molar-refractivity contribution < 1.29 is 9.90 Å². The lowest BCUT2D eigenvalue weighted by atomic mass is 9.84. The molecule has 2 aliphatic heterocycles. The number of aliphatic imine (C=N–C) groups is 1. The second kappa shape index (κ2) is 7.35. The van der Waals surface area contributed by atoms with Gasteiger partial charge >= 0.3 is 0 Å². The van der Waals surface area contributed by atoms with Crippen LogP contribution in [0.15, 0.2) is 34.5 Å². The summed E-state index contributed by atoms with van der Waals surface area (Å²) in [6.07, 6.45) is 0.856. The molecule has 1 amide bonds. The predicted molar refractivity (Wildman–Crippen MR) is 118 cm³/mol. The molecule has 0 aliphatic carbocycles. The van der Waals surface area contributed by atoms with Crippen LogP contribution in [0.3, 0.4) is 0 Å². The summed E-state index contributed by atoms with van der Waals surface area (Å²) in [4.78, 5) is 19.7. The molecule has 2 atom stereocenters. The van der Waals surface area contributed by atoms with Crippen molar-refractivity contribution in [1.82, 2.24) is 9.99 Å². The van der Waals surface area contributed by atoms with E-state index in [1.54, 1.807) is 11.0 Å². The zero-order valence-electron chi connectivity index (χ0n) is 17.4. The molecule has 2 unspecified atom stereocenters. The summed E-state index contributed by atoms with van der Waals surface area (Å²) in [6, 6.07) is 5.15. The fourth-order valence-electron chi connectivity index (χ4n) is 3.54. The van der Waals surface area contributed by atoms with Crippen molar-refractivity contribution in [2.24, 2.45) is 15.8 Å². The number of amides is 1. The van der Waals surface area contributed by atoms with E-state index in [2.05, 4.69) is 30.9 Å². The summed E-state index contributed by atoms with van der Waals surface area (Å²) in [5.41, 5.74) is 0.885. The Morgan fingerprint density at radius 1 is 1.25 bits per heavy atom. The van der Waals surface area contributed by atoms with E-state index < -0.39 is 0 Å². The van der Waals surface area contributed by atoms with Gasteiger partial charge in [0.15, 0.2) is 0 Å². The summed E-state index contributed by atoms with van der Waals surface area (Å²) in [6.45, 7) is 13.2. The zero-order chi connectivity index (χ0) is 20.9. The van der Waals surface area contributed by atoms with Crippen LogP contribution >= 0.6 is 20.3 Å². The van der Waals surface area contributed by atoms with E-state index in [1.807, 2.05) is 32.9 Å². The van der Waals surface area contributed by atoms with Gasteiger partial charge < -0.3 is 15.1 Å². The first-order valence-electron chi connectivity index (χ1n) is 9.53. The van der Waals surface area contributed by atoms with Gasteiger partial charge in [0.2, 0.25) is 0 Å². The van der Waals surface area contributed by atoms with Crippen LogP contribution in [0, 0.1) is 10.8 Å². The lowest BCUT2D eigenvalue weighted by molar-refractivity contribution is -0.128. The van der Waals surface area contributed by atoms with Crippen molar-refractivity contribution >= 4 is 43.1 Å². The van der Waals surface area contributed by atoms with Gasteiger partial charge in [-0.2, -0.15) is 0 Å². The van der Waals surface area contributed by atoms with Gasteiger partial charge in [-0.25, -0.2) is 4.99 Å². The number of nitrogens with one attached hydrogen (secondary N) is 1. The molecule has 7 heteroatoms. The molecular weight excluding hydrogens is 393 g/mol. The van der Waals surface area contributed by atoms with E-state index >= 15 is 0 Å². The second-order valence-electron chi connectivity index (χ2n) is 9.71. The third-order valence-electron chi connectivity index (χ3n) is 4.97. The Labute approximate surface area is 174 Å². The number of aliphatic hydroxyl groups excluding tert-OH is 1. The minimum absolute atomic E-state index is 0.0985. The number of halogens is 1. The fraction of sp³-hybridized carbons (Fsp3) is 0.524. The molecule has 152 valence electrons. The van der Waals surface area contributed by atoms with Gasteiger partial charge in [0, 0.05) is 25.6 Å². The minimum Gasteiger partial charge on any atom is -0.509 e. The fourth-order valence-corrected chi connectivity index (χ4v) is 4.73. The molecule has 3 rings (SSSR count). The summed E-state index contributed by atoms with van der Waals surface area (Å²) < 4.78 is 0. The summed E-state index contributed by atoms with van der Waals surface area (Å²) in [5, 5.41) is 16.0. The lowest BCUT2D eigenvalue weighted by Crippen LogP contribution is -2.45. The van der Waals surface area contributed by atoms with Crippen LogP contribution in [0.4, 0.5) is 5.69 Å². The maximum atomic E-state index is 13.3. The maximum Gasteiger partial charge on any atom is 0.261 e. The predicted octanol–water partition coefficient (Wildman–Crippen LogP) is 4.70. The first-order chi connectivity index (χ1) is 12.9. The molecule has 0 radical (unpaired) electrons. The number of nitrogens with zero attached hydrogens (tertiary/aromatic N) is 2. The zero-order valence-corrected chi connectivity index (χ0v) is 19.1. The number of carbonyl (C=O) groups excluding carboxylic acids is 1. The van der Waals surface area contributed by atoms with Crippen LogP contribution in [-0.4, -0.2) is 34.3 Å². The second-order valence-corrected chi connectivity index (χ2v) is 11.2. The smallest absolute Gasteiger partial charge is 0.261 e. The highest BCUT2D eigenvalue weighted by Gasteiger charge is 2.47. The highest BCUT2D eigenvalue weighted by atomic mass is 35.5. The molecule has 5 nitrogen and oxygen atoms in total. The number of fused-ring (bicyclic) bond motifs is 1. The van der Waals surface area contributed by atoms with E-state index in [9.17, 15) is 9.90 Å². The summed E-state index contributed by atoms with van der Waals surface area (Å²) >= 11 is 6.06. The van der Waals surface area contributed by atoms with E-state index in [1.165, 1.54) is 0 Å². The lowest BCUT2D eigenvalue weighted by Gasteiger charge is -2.36. The molecule has 0 saturated heterocycles. The van der Waals surface area contributed by atoms with Crippen LogP contribution in [0.5, 0.6) is 0 Å². The van der Waals surface area contributed by atoms with E-state index in [-0.39, 0.29) is 37.3 Å². The van der Waals surface area contributed by atoms with E-state index in [4.69, 9.17) is 11.6 Å². The maximum absolute atomic E-state index is 13.3. The van der Waals surface area contributed by atoms with Gasteiger partial charge in [0.1, 0.15) is 17.2 Å². The largest absolute Gasteiger partial charge is 0.509 e. The van der Waals surface area contributed by atoms with Crippen LogP contribution in [0.1, 0.15) is 48.0 Å². The van der Waals surface area contributed by atoms with Gasteiger partial charge in [-0.15, -0.1) is 0 Å². The van der Waals surface area contributed by atoms with Crippen molar-refractivity contribution in [2.45, 2.75) is 54.0 Å². The normalized spacial score (nSPS) is 21.1. The number of benzene rings is 1. The molecule has 28 heavy (non-hydrogen) atoms. The van der Waals surface area contributed by atoms with Gasteiger partial charge in [-0.3, -0.25) is 4.79 Å². The Hall–Kier alpha value is -1.58. The molecule has 0 aromatic heterocycles. The average Bonchev–Trinajstić information content (AvgIpc) is 2.82. The molecule has 0 saturated carbocycles. The van der Waals surface area contributed by atoms with Crippen molar-refractivity contribution in [1.29, 1.82) is 0 Å². The molecular formula is C21H29ClN3O2P. The molecule has 1 aromatic carbocycles.